The van der Waals surface area contributed by atoms with E-state index in [1.54, 1.807) is 0 Å². The van der Waals surface area contributed by atoms with Gasteiger partial charge >= 0.3 is 0 Å². The number of aryl methyl sites for hydroxylation is 2. The van der Waals surface area contributed by atoms with Gasteiger partial charge < -0.3 is 19.9 Å². The van der Waals surface area contributed by atoms with Gasteiger partial charge in [-0.1, -0.05) is 5.16 Å². The van der Waals surface area contributed by atoms with E-state index in [2.05, 4.69) is 37.6 Å². The summed E-state index contributed by atoms with van der Waals surface area (Å²) in [7, 11) is 0. The van der Waals surface area contributed by atoms with Gasteiger partial charge in [-0.05, 0) is 33.2 Å². The summed E-state index contributed by atoms with van der Waals surface area (Å²) in [4.78, 5) is 11.2. The van der Waals surface area contributed by atoms with E-state index in [4.69, 9.17) is 9.26 Å². The molecule has 0 aromatic carbocycles. The summed E-state index contributed by atoms with van der Waals surface area (Å²) >= 11 is 0. The first-order valence-electron chi connectivity index (χ1n) is 8.89. The lowest BCUT2D eigenvalue weighted by Gasteiger charge is -2.26. The molecule has 0 unspecified atom stereocenters. The van der Waals surface area contributed by atoms with Gasteiger partial charge in [-0.3, -0.25) is 9.89 Å². The molecule has 0 bridgehead atoms. The van der Waals surface area contributed by atoms with E-state index >= 15 is 0 Å². The SMILES string of the molecule is CCNC(=NCCCc1nc(C)no1)NCCCN1CCOCC1. The molecule has 8 heteroatoms. The maximum absolute atomic E-state index is 5.36. The second-order valence-electron chi connectivity index (χ2n) is 5.83. The minimum Gasteiger partial charge on any atom is -0.379 e. The Morgan fingerprint density at radius 3 is 2.79 bits per heavy atom. The number of rotatable bonds is 9. The predicted octanol–water partition coefficient (Wildman–Crippen LogP) is 0.588. The Morgan fingerprint density at radius 1 is 1.25 bits per heavy atom. The number of hydrogen-bond donors (Lipinski definition) is 2. The molecule has 0 atom stereocenters. The lowest BCUT2D eigenvalue weighted by molar-refractivity contribution is 0.0376. The molecule has 0 spiro atoms. The van der Waals surface area contributed by atoms with E-state index in [1.165, 1.54) is 0 Å². The van der Waals surface area contributed by atoms with Crippen LogP contribution in [0.1, 0.15) is 31.5 Å². The third kappa shape index (κ3) is 7.27. The van der Waals surface area contributed by atoms with Crippen molar-refractivity contribution >= 4 is 5.96 Å². The molecule has 0 amide bonds. The van der Waals surface area contributed by atoms with Crippen molar-refractivity contribution < 1.29 is 9.26 Å². The number of aromatic nitrogens is 2. The fourth-order valence-corrected chi connectivity index (χ4v) is 2.54. The fraction of sp³-hybridized carbons (Fsp3) is 0.812. The van der Waals surface area contributed by atoms with E-state index in [-0.39, 0.29) is 0 Å². The minimum atomic E-state index is 0.684. The maximum atomic E-state index is 5.36. The van der Waals surface area contributed by atoms with Crippen molar-refractivity contribution in [2.45, 2.75) is 33.1 Å². The molecule has 24 heavy (non-hydrogen) atoms. The Bertz CT molecular complexity index is 485. The quantitative estimate of drug-likeness (QED) is 0.387. The summed E-state index contributed by atoms with van der Waals surface area (Å²) in [6, 6.07) is 0. The van der Waals surface area contributed by atoms with Gasteiger partial charge in [0.1, 0.15) is 0 Å². The zero-order valence-corrected chi connectivity index (χ0v) is 14.9. The van der Waals surface area contributed by atoms with Crippen LogP contribution in [0.15, 0.2) is 9.52 Å². The van der Waals surface area contributed by atoms with Crippen LogP contribution in [-0.4, -0.2) is 73.5 Å². The second-order valence-corrected chi connectivity index (χ2v) is 5.83. The zero-order valence-electron chi connectivity index (χ0n) is 14.9. The van der Waals surface area contributed by atoms with Gasteiger partial charge in [0.05, 0.1) is 13.2 Å². The summed E-state index contributed by atoms with van der Waals surface area (Å²) in [5, 5.41) is 10.5. The molecule has 1 saturated heterocycles. The number of nitrogens with zero attached hydrogens (tertiary/aromatic N) is 4. The maximum Gasteiger partial charge on any atom is 0.226 e. The van der Waals surface area contributed by atoms with Gasteiger partial charge in [0.15, 0.2) is 11.8 Å². The van der Waals surface area contributed by atoms with Crippen molar-refractivity contribution in [3.63, 3.8) is 0 Å². The largest absolute Gasteiger partial charge is 0.379 e. The average Bonchev–Trinajstić information content (AvgIpc) is 3.01. The van der Waals surface area contributed by atoms with Crippen molar-refractivity contribution in [2.75, 3.05) is 52.5 Å². The standard InChI is InChI=1S/C16H30N6O2/c1-3-17-16(18-7-4-6-15-20-14(2)21-24-15)19-8-5-9-22-10-12-23-13-11-22/h3-13H2,1-2H3,(H2,17,18,19). The Morgan fingerprint density at radius 2 is 2.08 bits per heavy atom. The lowest BCUT2D eigenvalue weighted by atomic mass is 10.3. The van der Waals surface area contributed by atoms with Crippen LogP contribution < -0.4 is 10.6 Å². The highest BCUT2D eigenvalue weighted by molar-refractivity contribution is 5.79. The van der Waals surface area contributed by atoms with Crippen LogP contribution in [0.4, 0.5) is 0 Å². The van der Waals surface area contributed by atoms with Gasteiger partial charge in [0.25, 0.3) is 0 Å². The molecule has 1 aliphatic rings. The van der Waals surface area contributed by atoms with Gasteiger partial charge in [0.2, 0.25) is 5.89 Å². The van der Waals surface area contributed by atoms with E-state index in [9.17, 15) is 0 Å². The highest BCUT2D eigenvalue weighted by atomic mass is 16.5. The van der Waals surface area contributed by atoms with Gasteiger partial charge in [0, 0.05) is 39.1 Å². The Kier molecular flexibility index (Phi) is 8.54. The van der Waals surface area contributed by atoms with E-state index < -0.39 is 0 Å². The van der Waals surface area contributed by atoms with Crippen molar-refractivity contribution in [1.82, 2.24) is 25.7 Å². The van der Waals surface area contributed by atoms with Crippen molar-refractivity contribution in [3.05, 3.63) is 11.7 Å². The molecular formula is C16H30N6O2. The first-order valence-corrected chi connectivity index (χ1v) is 8.89. The molecule has 1 aromatic rings. The third-order valence-electron chi connectivity index (χ3n) is 3.78. The molecule has 2 N–H and O–H groups in total. The highest BCUT2D eigenvalue weighted by Gasteiger charge is 2.09. The van der Waals surface area contributed by atoms with Gasteiger partial charge in [-0.2, -0.15) is 4.98 Å². The molecule has 0 radical (unpaired) electrons. The van der Waals surface area contributed by atoms with Crippen LogP contribution in [0.2, 0.25) is 0 Å². The molecule has 1 aromatic heterocycles. The number of hydrogen-bond acceptors (Lipinski definition) is 6. The Balaban J connectivity index is 1.60. The molecular weight excluding hydrogens is 308 g/mol. The summed E-state index contributed by atoms with van der Waals surface area (Å²) in [5.74, 6) is 2.25. The Hall–Kier alpha value is -1.67. The van der Waals surface area contributed by atoms with Gasteiger partial charge in [-0.25, -0.2) is 0 Å². The lowest BCUT2D eigenvalue weighted by Crippen LogP contribution is -2.40. The Labute approximate surface area is 144 Å². The van der Waals surface area contributed by atoms with E-state index in [1.807, 2.05) is 6.92 Å². The van der Waals surface area contributed by atoms with Crippen molar-refractivity contribution in [1.29, 1.82) is 0 Å². The van der Waals surface area contributed by atoms with Gasteiger partial charge in [-0.15, -0.1) is 0 Å². The number of aliphatic imine (C=N–C) groups is 1. The molecule has 2 rings (SSSR count). The minimum absolute atomic E-state index is 0.684. The monoisotopic (exact) mass is 338 g/mol. The molecule has 2 heterocycles. The summed E-state index contributed by atoms with van der Waals surface area (Å²) in [6.45, 7) is 11.3. The van der Waals surface area contributed by atoms with Crippen LogP contribution in [-0.2, 0) is 11.2 Å². The summed E-state index contributed by atoms with van der Waals surface area (Å²) in [5.41, 5.74) is 0. The molecule has 0 saturated carbocycles. The van der Waals surface area contributed by atoms with Crippen LogP contribution in [0.5, 0.6) is 0 Å². The van der Waals surface area contributed by atoms with Crippen LogP contribution in [0, 0.1) is 6.92 Å². The molecule has 8 nitrogen and oxygen atoms in total. The number of guanidine groups is 1. The predicted molar refractivity (Wildman–Crippen MR) is 93.2 cm³/mol. The van der Waals surface area contributed by atoms with E-state index in [0.717, 1.165) is 77.7 Å². The van der Waals surface area contributed by atoms with Crippen LogP contribution in [0.3, 0.4) is 0 Å². The third-order valence-corrected chi connectivity index (χ3v) is 3.78. The average molecular weight is 338 g/mol. The van der Waals surface area contributed by atoms with Crippen molar-refractivity contribution in [3.8, 4) is 0 Å². The molecule has 136 valence electrons. The fourth-order valence-electron chi connectivity index (χ4n) is 2.54. The highest BCUT2D eigenvalue weighted by Crippen LogP contribution is 2.00. The second kappa shape index (κ2) is 11.0. The first-order chi connectivity index (χ1) is 11.8. The number of ether oxygens (including phenoxy) is 1. The summed E-state index contributed by atoms with van der Waals surface area (Å²) in [6.07, 6.45) is 2.76. The number of nitrogens with one attached hydrogen (secondary N) is 2. The molecule has 0 aliphatic carbocycles. The first kappa shape index (κ1) is 18.7. The normalized spacial score (nSPS) is 16.3. The van der Waals surface area contributed by atoms with Crippen LogP contribution >= 0.6 is 0 Å². The topological polar surface area (TPSA) is 87.8 Å². The molecule has 1 aliphatic heterocycles. The van der Waals surface area contributed by atoms with Crippen molar-refractivity contribution in [2.24, 2.45) is 4.99 Å². The van der Waals surface area contributed by atoms with Crippen LogP contribution in [0.25, 0.3) is 0 Å². The zero-order chi connectivity index (χ0) is 17.0. The summed E-state index contributed by atoms with van der Waals surface area (Å²) < 4.78 is 10.5. The van der Waals surface area contributed by atoms with E-state index in [0.29, 0.717) is 11.7 Å². The molecule has 1 fully saturated rings. The number of morpholine rings is 1. The smallest absolute Gasteiger partial charge is 0.226 e.